The van der Waals surface area contributed by atoms with Crippen molar-refractivity contribution in [3.05, 3.63) is 63.7 Å². The zero-order valence-electron chi connectivity index (χ0n) is 23.7. The number of likely N-dealkylation sites (tertiary alicyclic amines) is 1. The van der Waals surface area contributed by atoms with Crippen LogP contribution in [0.5, 0.6) is 0 Å². The average Bonchev–Trinajstić information content (AvgIpc) is 3.12. The third-order valence-electron chi connectivity index (χ3n) is 11.2. The lowest BCUT2D eigenvalue weighted by Gasteiger charge is -2.63. The molecule has 0 unspecified atom stereocenters. The topological polar surface area (TPSA) is 127 Å². The summed E-state index contributed by atoms with van der Waals surface area (Å²) in [5.74, 6) is -4.18. The molecule has 0 spiro atoms. The van der Waals surface area contributed by atoms with E-state index in [1.807, 2.05) is 0 Å². The van der Waals surface area contributed by atoms with Gasteiger partial charge >= 0.3 is 5.97 Å². The molecule has 0 bridgehead atoms. The number of nitrogens with zero attached hydrogens (tertiary/aromatic N) is 2. The van der Waals surface area contributed by atoms with Gasteiger partial charge in [0.1, 0.15) is 6.17 Å². The van der Waals surface area contributed by atoms with Crippen molar-refractivity contribution in [2.75, 3.05) is 13.1 Å². The molecule has 1 amide bonds. The van der Waals surface area contributed by atoms with Crippen molar-refractivity contribution in [1.82, 2.24) is 4.90 Å². The van der Waals surface area contributed by atoms with Crippen molar-refractivity contribution < 1.29 is 37.9 Å². The molecule has 42 heavy (non-hydrogen) atoms. The molecule has 4 aliphatic carbocycles. The molecule has 1 heterocycles. The number of non-ortho nitro benzene ring substituents is 1. The molecule has 0 aromatic heterocycles. The van der Waals surface area contributed by atoms with Crippen LogP contribution in [0.1, 0.15) is 56.8 Å². The lowest BCUT2D eigenvalue weighted by molar-refractivity contribution is -0.384. The first-order chi connectivity index (χ1) is 19.7. The summed E-state index contributed by atoms with van der Waals surface area (Å²) in [5.41, 5.74) is -7.48. The van der Waals surface area contributed by atoms with Crippen molar-refractivity contribution in [2.45, 2.75) is 70.0 Å². The Morgan fingerprint density at radius 1 is 1.19 bits per heavy atom. The predicted molar refractivity (Wildman–Crippen MR) is 146 cm³/mol. The van der Waals surface area contributed by atoms with Gasteiger partial charge in [0.25, 0.3) is 11.6 Å². The molecule has 9 atom stereocenters. The maximum atomic E-state index is 17.6. The van der Waals surface area contributed by atoms with E-state index in [9.17, 15) is 29.6 Å². The highest BCUT2D eigenvalue weighted by Gasteiger charge is 2.78. The first-order valence-electron chi connectivity index (χ1n) is 14.4. The van der Waals surface area contributed by atoms with Crippen LogP contribution in [0.15, 0.2) is 48.1 Å². The Morgan fingerprint density at radius 3 is 2.55 bits per heavy atom. The molecule has 9 nitrogen and oxygen atoms in total. The fourth-order valence-electron chi connectivity index (χ4n) is 8.95. The number of ketones is 1. The lowest BCUT2D eigenvalue weighted by atomic mass is 9.44. The van der Waals surface area contributed by atoms with Gasteiger partial charge in [0.2, 0.25) is 0 Å². The van der Waals surface area contributed by atoms with Crippen LogP contribution in [-0.2, 0) is 14.3 Å². The van der Waals surface area contributed by atoms with Gasteiger partial charge in [-0.1, -0.05) is 26.0 Å². The van der Waals surface area contributed by atoms with Crippen LogP contribution in [0.25, 0.3) is 0 Å². The quantitative estimate of drug-likeness (QED) is 0.318. The summed E-state index contributed by atoms with van der Waals surface area (Å²) in [4.78, 5) is 52.4. The number of ether oxygens (including phenoxy) is 1. The number of carbonyl (C=O) groups excluding carboxylic acids is 3. The number of nitro groups is 1. The van der Waals surface area contributed by atoms with Crippen LogP contribution in [0.2, 0.25) is 0 Å². The van der Waals surface area contributed by atoms with E-state index in [4.69, 9.17) is 4.74 Å². The number of aliphatic hydroxyl groups excluding tert-OH is 1. The number of alkyl halides is 2. The number of benzene rings is 1. The summed E-state index contributed by atoms with van der Waals surface area (Å²) in [6.07, 6.45) is 0.809. The van der Waals surface area contributed by atoms with Crippen molar-refractivity contribution >= 4 is 23.3 Å². The molecular weight excluding hydrogens is 550 g/mol. The van der Waals surface area contributed by atoms with E-state index in [1.54, 1.807) is 18.7 Å². The Hall–Kier alpha value is -3.47. The van der Waals surface area contributed by atoms with E-state index in [1.165, 1.54) is 37.3 Å². The number of esters is 1. The van der Waals surface area contributed by atoms with Crippen LogP contribution in [0.3, 0.4) is 0 Å². The number of allylic oxidation sites excluding steroid dienone is 4. The summed E-state index contributed by atoms with van der Waals surface area (Å²) < 4.78 is 39.7. The predicted octanol–water partition coefficient (Wildman–Crippen LogP) is 4.29. The van der Waals surface area contributed by atoms with E-state index in [0.29, 0.717) is 13.1 Å². The second-order valence-electron chi connectivity index (χ2n) is 13.1. The number of hydrogen-bond acceptors (Lipinski definition) is 7. The molecule has 224 valence electrons. The van der Waals surface area contributed by atoms with Gasteiger partial charge in [0, 0.05) is 47.9 Å². The number of amides is 1. The van der Waals surface area contributed by atoms with E-state index in [2.05, 4.69) is 0 Å². The summed E-state index contributed by atoms with van der Waals surface area (Å²) in [7, 11) is 0. The third-order valence-corrected chi connectivity index (χ3v) is 11.2. The second-order valence-corrected chi connectivity index (χ2v) is 13.1. The Morgan fingerprint density at radius 2 is 1.90 bits per heavy atom. The molecule has 1 N–H and O–H groups in total. The van der Waals surface area contributed by atoms with Gasteiger partial charge in [-0.15, -0.1) is 0 Å². The molecule has 0 radical (unpaired) electrons. The SMILES string of the molecule is C[C@@H]1C[C@H]2[C@@H]3C[C@H](F)C4=CC(=O)C=C[C@]4(C)[C@@]3(F)[C@@H](O)C[C@]2(C)[C@@]1(OC(=O)c1cccc([N+](=O)[O-])c1)C(=O)N1CCC1. The fraction of sp³-hybridized carbons (Fsp3) is 0.581. The molecule has 11 heteroatoms. The van der Waals surface area contributed by atoms with Crippen LogP contribution >= 0.6 is 0 Å². The molecule has 3 saturated carbocycles. The summed E-state index contributed by atoms with van der Waals surface area (Å²) >= 11 is 0. The van der Waals surface area contributed by atoms with E-state index in [-0.39, 0.29) is 36.1 Å². The number of aliphatic hydroxyl groups is 1. The molecule has 6 rings (SSSR count). The standard InChI is InChI=1S/C31H34F2N2O7/c1-17-12-21-22-15-24(32)23-14-20(36)8-9-28(23,2)30(22,33)25(37)16-29(21,3)31(17,27(39)34-10-5-11-34)42-26(38)18-6-4-7-19(13-18)35(40)41/h4,6-9,13-14,17,21-22,24-25,37H,5,10-12,15-16H2,1-3H3/t17-,21+,22+,24+,25+,28+,29+,30+,31+/m1/s1. The number of carbonyl (C=O) groups is 3. The van der Waals surface area contributed by atoms with Gasteiger partial charge in [0.05, 0.1) is 16.6 Å². The first-order valence-corrected chi connectivity index (χ1v) is 14.4. The number of rotatable bonds is 4. The fourth-order valence-corrected chi connectivity index (χ4v) is 8.95. The molecule has 1 saturated heterocycles. The Kier molecular flexibility index (Phi) is 6.32. The average molecular weight is 585 g/mol. The van der Waals surface area contributed by atoms with Crippen molar-refractivity contribution in [2.24, 2.45) is 28.6 Å². The molecular formula is C31H34F2N2O7. The third kappa shape index (κ3) is 3.52. The van der Waals surface area contributed by atoms with E-state index < -0.39 is 74.7 Å². The van der Waals surface area contributed by atoms with Crippen LogP contribution in [0.4, 0.5) is 14.5 Å². The smallest absolute Gasteiger partial charge is 0.339 e. The first kappa shape index (κ1) is 28.6. The Bertz CT molecular complexity index is 1460. The minimum Gasteiger partial charge on any atom is -0.444 e. The Balaban J connectivity index is 1.46. The largest absolute Gasteiger partial charge is 0.444 e. The van der Waals surface area contributed by atoms with Crippen LogP contribution < -0.4 is 0 Å². The Labute approximate surface area is 241 Å². The number of fused-ring (bicyclic) bond motifs is 5. The maximum absolute atomic E-state index is 17.6. The minimum absolute atomic E-state index is 0.00228. The summed E-state index contributed by atoms with van der Waals surface area (Å²) in [6.45, 7) is 5.85. The zero-order chi connectivity index (χ0) is 30.4. The van der Waals surface area contributed by atoms with Crippen molar-refractivity contribution in [3.8, 4) is 0 Å². The van der Waals surface area contributed by atoms with Gasteiger partial charge in [-0.2, -0.15) is 0 Å². The molecule has 4 fully saturated rings. The van der Waals surface area contributed by atoms with Crippen LogP contribution in [-0.4, -0.2) is 69.2 Å². The zero-order valence-corrected chi connectivity index (χ0v) is 23.7. The highest BCUT2D eigenvalue weighted by molar-refractivity contribution is 6.01. The van der Waals surface area contributed by atoms with Crippen molar-refractivity contribution in [3.63, 3.8) is 0 Å². The molecule has 5 aliphatic rings. The van der Waals surface area contributed by atoms with Gasteiger partial charge in [-0.3, -0.25) is 19.7 Å². The minimum atomic E-state index is -2.34. The van der Waals surface area contributed by atoms with Gasteiger partial charge in [-0.25, -0.2) is 13.6 Å². The van der Waals surface area contributed by atoms with Gasteiger partial charge < -0.3 is 14.7 Å². The highest BCUT2D eigenvalue weighted by atomic mass is 19.1. The molecule has 1 aromatic carbocycles. The van der Waals surface area contributed by atoms with Gasteiger partial charge in [-0.05, 0) is 62.3 Å². The highest BCUT2D eigenvalue weighted by Crippen LogP contribution is 2.72. The van der Waals surface area contributed by atoms with Crippen LogP contribution in [0, 0.1) is 38.7 Å². The molecule has 1 aliphatic heterocycles. The summed E-state index contributed by atoms with van der Waals surface area (Å²) in [5, 5.41) is 23.1. The number of nitro benzene ring substituents is 1. The summed E-state index contributed by atoms with van der Waals surface area (Å²) in [6, 6.07) is 5.02. The van der Waals surface area contributed by atoms with Gasteiger partial charge in [0.15, 0.2) is 17.1 Å². The maximum Gasteiger partial charge on any atom is 0.339 e. The van der Waals surface area contributed by atoms with Crippen molar-refractivity contribution in [1.29, 1.82) is 0 Å². The number of hydrogen-bond donors (Lipinski definition) is 1. The van der Waals surface area contributed by atoms with E-state index in [0.717, 1.165) is 18.6 Å². The second kappa shape index (κ2) is 9.26. The monoisotopic (exact) mass is 584 g/mol. The normalized spacial score (nSPS) is 42.0. The lowest BCUT2D eigenvalue weighted by Crippen LogP contribution is -2.72. The van der Waals surface area contributed by atoms with E-state index >= 15 is 8.78 Å². The molecule has 1 aromatic rings. The number of halogens is 2.